The standard InChI is InChI=1S/C24H19NO6S/c1-29-16-5-2-4-15(13-16)25-21(19-6-3-11-32-19)20(23(27)24(25)28)22(26)14-7-8-17-18(12-14)31-10-9-30-17/h2-8,11-13,21,26H,9-10H2,1H3/b22-20-. The van der Waals surface area contributed by atoms with Gasteiger partial charge in [0.25, 0.3) is 11.7 Å². The first-order chi connectivity index (χ1) is 15.6. The van der Waals surface area contributed by atoms with Crippen molar-refractivity contribution in [2.24, 2.45) is 0 Å². The van der Waals surface area contributed by atoms with E-state index in [9.17, 15) is 14.7 Å². The molecule has 162 valence electrons. The van der Waals surface area contributed by atoms with Crippen molar-refractivity contribution in [2.75, 3.05) is 25.2 Å². The van der Waals surface area contributed by atoms with Crippen molar-refractivity contribution in [1.29, 1.82) is 0 Å². The number of ether oxygens (including phenoxy) is 3. The average molecular weight is 449 g/mol. The molecule has 2 aromatic carbocycles. The third-order valence-electron chi connectivity index (χ3n) is 5.40. The zero-order chi connectivity index (χ0) is 22.2. The number of methoxy groups -OCH3 is 1. The van der Waals surface area contributed by atoms with Crippen molar-refractivity contribution in [2.45, 2.75) is 6.04 Å². The Morgan fingerprint density at radius 3 is 2.62 bits per heavy atom. The average Bonchev–Trinajstić information content (AvgIpc) is 3.45. The number of fused-ring (bicyclic) bond motifs is 1. The Hall–Kier alpha value is -3.78. The van der Waals surface area contributed by atoms with Crippen LogP contribution in [0.1, 0.15) is 16.5 Å². The van der Waals surface area contributed by atoms with Crippen LogP contribution in [0, 0.1) is 0 Å². The first-order valence-electron chi connectivity index (χ1n) is 9.97. The van der Waals surface area contributed by atoms with E-state index in [0.717, 1.165) is 4.88 Å². The number of carbonyl (C=O) groups is 2. The van der Waals surface area contributed by atoms with Crippen molar-refractivity contribution in [3.8, 4) is 17.2 Å². The molecular formula is C24H19NO6S. The van der Waals surface area contributed by atoms with Gasteiger partial charge >= 0.3 is 0 Å². The number of aliphatic hydroxyl groups excluding tert-OH is 1. The van der Waals surface area contributed by atoms with Gasteiger partial charge in [-0.2, -0.15) is 0 Å². The van der Waals surface area contributed by atoms with Crippen molar-refractivity contribution in [1.82, 2.24) is 0 Å². The lowest BCUT2D eigenvalue weighted by Crippen LogP contribution is -2.29. The molecule has 1 N–H and O–H groups in total. The minimum absolute atomic E-state index is 0.0250. The summed E-state index contributed by atoms with van der Waals surface area (Å²) in [6, 6.07) is 14.8. The fourth-order valence-electron chi connectivity index (χ4n) is 3.92. The number of hydrogen-bond acceptors (Lipinski definition) is 7. The van der Waals surface area contributed by atoms with E-state index >= 15 is 0 Å². The highest BCUT2D eigenvalue weighted by Gasteiger charge is 2.47. The van der Waals surface area contributed by atoms with Crippen molar-refractivity contribution in [3.63, 3.8) is 0 Å². The van der Waals surface area contributed by atoms with Crippen LogP contribution in [0.2, 0.25) is 0 Å². The molecule has 32 heavy (non-hydrogen) atoms. The van der Waals surface area contributed by atoms with Gasteiger partial charge in [-0.1, -0.05) is 12.1 Å². The SMILES string of the molecule is COc1cccc(N2C(=O)C(=O)/C(=C(\O)c3ccc4c(c3)OCCO4)C2c2cccs2)c1. The smallest absolute Gasteiger partial charge is 0.300 e. The van der Waals surface area contributed by atoms with Gasteiger partial charge < -0.3 is 19.3 Å². The summed E-state index contributed by atoms with van der Waals surface area (Å²) in [4.78, 5) is 28.5. The predicted octanol–water partition coefficient (Wildman–Crippen LogP) is 4.15. The van der Waals surface area contributed by atoms with E-state index in [4.69, 9.17) is 14.2 Å². The van der Waals surface area contributed by atoms with Crippen LogP contribution in [-0.4, -0.2) is 37.1 Å². The van der Waals surface area contributed by atoms with Crippen molar-refractivity contribution < 1.29 is 28.9 Å². The van der Waals surface area contributed by atoms with Crippen LogP contribution in [0.3, 0.4) is 0 Å². The van der Waals surface area contributed by atoms with Gasteiger partial charge in [-0.15, -0.1) is 11.3 Å². The highest BCUT2D eigenvalue weighted by atomic mass is 32.1. The zero-order valence-electron chi connectivity index (χ0n) is 17.1. The van der Waals surface area contributed by atoms with Crippen LogP contribution < -0.4 is 19.1 Å². The van der Waals surface area contributed by atoms with E-state index < -0.39 is 17.7 Å². The first-order valence-corrected chi connectivity index (χ1v) is 10.8. The summed E-state index contributed by atoms with van der Waals surface area (Å²) < 4.78 is 16.4. The Kier molecular flexibility index (Phi) is 5.07. The van der Waals surface area contributed by atoms with Crippen molar-refractivity contribution in [3.05, 3.63) is 76.0 Å². The molecule has 8 heteroatoms. The number of rotatable bonds is 4. The molecule has 7 nitrogen and oxygen atoms in total. The molecule has 1 saturated heterocycles. The van der Waals surface area contributed by atoms with Crippen LogP contribution in [0.5, 0.6) is 17.2 Å². The Morgan fingerprint density at radius 1 is 1.06 bits per heavy atom. The number of amides is 1. The van der Waals surface area contributed by atoms with Gasteiger partial charge in [0, 0.05) is 22.2 Å². The number of anilines is 1. The maximum atomic E-state index is 13.2. The van der Waals surface area contributed by atoms with E-state index in [1.807, 2.05) is 17.5 Å². The lowest BCUT2D eigenvalue weighted by Gasteiger charge is -2.24. The molecule has 1 atom stereocenters. The number of benzene rings is 2. The van der Waals surface area contributed by atoms with Gasteiger partial charge in [0.05, 0.1) is 12.7 Å². The fourth-order valence-corrected chi connectivity index (χ4v) is 4.74. The number of thiophene rings is 1. The molecule has 0 bridgehead atoms. The number of Topliss-reactive ketones (excluding diaryl/α,β-unsaturated/α-hetero) is 1. The summed E-state index contributed by atoms with van der Waals surface area (Å²) in [5, 5.41) is 13.1. The number of aliphatic hydroxyl groups is 1. The topological polar surface area (TPSA) is 85.3 Å². The van der Waals surface area contributed by atoms with Crippen LogP contribution in [0.25, 0.3) is 5.76 Å². The molecule has 1 amide bonds. The molecule has 2 aliphatic heterocycles. The van der Waals surface area contributed by atoms with Crippen LogP contribution in [0.4, 0.5) is 5.69 Å². The van der Waals surface area contributed by atoms with Crippen LogP contribution in [-0.2, 0) is 9.59 Å². The van der Waals surface area contributed by atoms with E-state index in [-0.39, 0.29) is 11.3 Å². The largest absolute Gasteiger partial charge is 0.507 e. The summed E-state index contributed by atoms with van der Waals surface area (Å²) in [5.41, 5.74) is 0.905. The third-order valence-corrected chi connectivity index (χ3v) is 6.33. The molecule has 2 aliphatic rings. The van der Waals surface area contributed by atoms with Gasteiger partial charge in [-0.25, -0.2) is 0 Å². The second-order valence-electron chi connectivity index (χ2n) is 7.24. The molecule has 5 rings (SSSR count). The van der Waals surface area contributed by atoms with E-state index in [1.165, 1.54) is 23.3 Å². The molecule has 0 radical (unpaired) electrons. The third kappa shape index (κ3) is 3.29. The van der Waals surface area contributed by atoms with Crippen LogP contribution >= 0.6 is 11.3 Å². The molecule has 3 heterocycles. The molecule has 3 aromatic rings. The number of hydrogen-bond donors (Lipinski definition) is 1. The van der Waals surface area contributed by atoms with Gasteiger partial charge in [0.1, 0.15) is 30.8 Å². The molecule has 0 spiro atoms. The van der Waals surface area contributed by atoms with Crippen molar-refractivity contribution >= 4 is 34.5 Å². The summed E-state index contributed by atoms with van der Waals surface area (Å²) in [6.07, 6.45) is 0. The maximum Gasteiger partial charge on any atom is 0.300 e. The monoisotopic (exact) mass is 449 g/mol. The maximum absolute atomic E-state index is 13.2. The summed E-state index contributed by atoms with van der Waals surface area (Å²) >= 11 is 1.40. The van der Waals surface area contributed by atoms with Gasteiger partial charge in [-0.3, -0.25) is 14.5 Å². The molecule has 0 saturated carbocycles. The van der Waals surface area contributed by atoms with Crippen LogP contribution in [0.15, 0.2) is 65.6 Å². The van der Waals surface area contributed by atoms with E-state index in [2.05, 4.69) is 0 Å². The normalized spacial score (nSPS) is 19.3. The quantitative estimate of drug-likeness (QED) is 0.366. The molecule has 1 fully saturated rings. The number of carbonyl (C=O) groups excluding carboxylic acids is 2. The second kappa shape index (κ2) is 8.05. The number of nitrogens with zero attached hydrogens (tertiary/aromatic N) is 1. The Balaban J connectivity index is 1.67. The molecule has 1 aromatic heterocycles. The predicted molar refractivity (Wildman–Crippen MR) is 120 cm³/mol. The summed E-state index contributed by atoms with van der Waals surface area (Å²) in [7, 11) is 1.53. The molecule has 0 aliphatic carbocycles. The minimum Gasteiger partial charge on any atom is -0.507 e. The summed E-state index contributed by atoms with van der Waals surface area (Å²) in [6.45, 7) is 0.842. The lowest BCUT2D eigenvalue weighted by molar-refractivity contribution is -0.132. The fraction of sp³-hybridized carbons (Fsp3) is 0.167. The molecular weight excluding hydrogens is 430 g/mol. The Bertz CT molecular complexity index is 1230. The Morgan fingerprint density at radius 2 is 1.88 bits per heavy atom. The highest BCUT2D eigenvalue weighted by Crippen LogP contribution is 2.44. The lowest BCUT2D eigenvalue weighted by atomic mass is 9.99. The van der Waals surface area contributed by atoms with E-state index in [1.54, 1.807) is 42.5 Å². The first kappa shape index (κ1) is 20.1. The number of ketones is 1. The van der Waals surface area contributed by atoms with Gasteiger partial charge in [-0.05, 0) is 41.8 Å². The Labute approximate surface area is 188 Å². The minimum atomic E-state index is -0.768. The summed E-state index contributed by atoms with van der Waals surface area (Å²) in [5.74, 6) is -0.117. The molecule has 1 unspecified atom stereocenters. The zero-order valence-corrected chi connectivity index (χ0v) is 17.9. The van der Waals surface area contributed by atoms with E-state index in [0.29, 0.717) is 41.7 Å². The van der Waals surface area contributed by atoms with Gasteiger partial charge in [0.15, 0.2) is 11.5 Å². The highest BCUT2D eigenvalue weighted by molar-refractivity contribution is 7.10. The van der Waals surface area contributed by atoms with Gasteiger partial charge in [0.2, 0.25) is 0 Å². The second-order valence-corrected chi connectivity index (χ2v) is 8.22.